The van der Waals surface area contributed by atoms with Gasteiger partial charge in [0.1, 0.15) is 17.5 Å². The summed E-state index contributed by atoms with van der Waals surface area (Å²) in [6.07, 6.45) is -0.00140. The monoisotopic (exact) mass is 528 g/mol. The summed E-state index contributed by atoms with van der Waals surface area (Å²) < 4.78 is 25.2. The molecule has 2 aromatic rings. The number of methoxy groups -OCH3 is 1. The van der Waals surface area contributed by atoms with E-state index in [0.717, 1.165) is 5.56 Å². The SMILES string of the molecule is COC(=O)c1ccc(CN(C(=O)C2C[Si](C)(C)CN2C(=O)OC(C)(C)C)[C@H](C)c2ccccc2F)cc1. The van der Waals surface area contributed by atoms with Crippen molar-refractivity contribution in [3.8, 4) is 0 Å². The molecule has 1 unspecified atom stereocenters. The maximum Gasteiger partial charge on any atom is 0.410 e. The topological polar surface area (TPSA) is 76.2 Å². The van der Waals surface area contributed by atoms with Gasteiger partial charge in [-0.2, -0.15) is 0 Å². The zero-order chi connectivity index (χ0) is 27.5. The Labute approximate surface area is 219 Å². The molecule has 1 heterocycles. The Kier molecular flexibility index (Phi) is 8.47. The first-order valence-corrected chi connectivity index (χ1v) is 15.9. The molecule has 2 amide bonds. The van der Waals surface area contributed by atoms with Crippen molar-refractivity contribution in [2.45, 2.75) is 71.1 Å². The summed E-state index contributed by atoms with van der Waals surface area (Å²) in [4.78, 5) is 42.3. The summed E-state index contributed by atoms with van der Waals surface area (Å²) in [5, 5.41) is 0. The minimum atomic E-state index is -1.90. The van der Waals surface area contributed by atoms with Gasteiger partial charge in [0.25, 0.3) is 0 Å². The molecule has 0 aliphatic carbocycles. The average molecular weight is 529 g/mol. The summed E-state index contributed by atoms with van der Waals surface area (Å²) in [5.74, 6) is -1.11. The second-order valence-corrected chi connectivity index (χ2v) is 16.4. The molecule has 3 rings (SSSR count). The Hall–Kier alpha value is -3.20. The Balaban J connectivity index is 1.98. The third kappa shape index (κ3) is 6.97. The first-order valence-electron chi connectivity index (χ1n) is 12.4. The van der Waals surface area contributed by atoms with Crippen LogP contribution in [0.5, 0.6) is 0 Å². The highest BCUT2D eigenvalue weighted by Crippen LogP contribution is 2.33. The Morgan fingerprint density at radius 2 is 1.73 bits per heavy atom. The number of carbonyl (C=O) groups excluding carboxylic acids is 3. The number of nitrogens with zero attached hydrogens (tertiary/aromatic N) is 2. The number of benzene rings is 2. The molecule has 0 N–H and O–H groups in total. The van der Waals surface area contributed by atoms with E-state index in [1.807, 2.05) is 0 Å². The van der Waals surface area contributed by atoms with Crippen LogP contribution in [0.15, 0.2) is 48.5 Å². The van der Waals surface area contributed by atoms with Gasteiger partial charge in [0.05, 0.1) is 26.8 Å². The zero-order valence-corrected chi connectivity index (χ0v) is 23.7. The van der Waals surface area contributed by atoms with E-state index in [-0.39, 0.29) is 12.5 Å². The van der Waals surface area contributed by atoms with Crippen molar-refractivity contribution in [3.63, 3.8) is 0 Å². The van der Waals surface area contributed by atoms with Gasteiger partial charge in [-0.05, 0) is 57.5 Å². The summed E-state index contributed by atoms with van der Waals surface area (Å²) >= 11 is 0. The van der Waals surface area contributed by atoms with Crippen LogP contribution in [0.1, 0.15) is 55.2 Å². The number of hydrogen-bond acceptors (Lipinski definition) is 5. The lowest BCUT2D eigenvalue weighted by Gasteiger charge is -2.35. The van der Waals surface area contributed by atoms with E-state index in [2.05, 4.69) is 13.1 Å². The van der Waals surface area contributed by atoms with Gasteiger partial charge in [0.15, 0.2) is 0 Å². The summed E-state index contributed by atoms with van der Waals surface area (Å²) in [5.41, 5.74) is 0.856. The summed E-state index contributed by atoms with van der Waals surface area (Å²) in [6.45, 7) is 11.6. The van der Waals surface area contributed by atoms with Gasteiger partial charge in [-0.25, -0.2) is 14.0 Å². The van der Waals surface area contributed by atoms with Gasteiger partial charge < -0.3 is 14.4 Å². The minimum absolute atomic E-state index is 0.177. The average Bonchev–Trinajstić information content (AvgIpc) is 3.16. The molecule has 2 aromatic carbocycles. The van der Waals surface area contributed by atoms with Gasteiger partial charge in [0.2, 0.25) is 5.91 Å². The minimum Gasteiger partial charge on any atom is -0.465 e. The molecule has 200 valence electrons. The maximum absolute atomic E-state index is 14.8. The molecule has 1 fully saturated rings. The molecule has 0 aromatic heterocycles. The molecule has 0 radical (unpaired) electrons. The predicted octanol–water partition coefficient (Wildman–Crippen LogP) is 5.57. The number of hydrogen-bond donors (Lipinski definition) is 0. The third-order valence-corrected chi connectivity index (χ3v) is 9.16. The van der Waals surface area contributed by atoms with E-state index < -0.39 is 43.6 Å². The summed E-state index contributed by atoms with van der Waals surface area (Å²) in [7, 11) is -0.587. The first-order chi connectivity index (χ1) is 17.2. The third-order valence-electron chi connectivity index (χ3n) is 6.47. The lowest BCUT2D eigenvalue weighted by atomic mass is 10.0. The van der Waals surface area contributed by atoms with Crippen LogP contribution in [0.2, 0.25) is 19.1 Å². The number of ether oxygens (including phenoxy) is 2. The van der Waals surface area contributed by atoms with Crippen molar-refractivity contribution in [3.05, 3.63) is 71.0 Å². The van der Waals surface area contributed by atoms with Crippen LogP contribution in [0.3, 0.4) is 0 Å². The van der Waals surface area contributed by atoms with Crippen LogP contribution in [-0.2, 0) is 20.8 Å². The fourth-order valence-corrected chi connectivity index (χ4v) is 7.48. The van der Waals surface area contributed by atoms with E-state index in [9.17, 15) is 18.8 Å². The predicted molar refractivity (Wildman–Crippen MR) is 142 cm³/mol. The van der Waals surface area contributed by atoms with E-state index >= 15 is 0 Å². The number of amides is 2. The summed E-state index contributed by atoms with van der Waals surface area (Å²) in [6, 6.07) is 12.5. The highest BCUT2D eigenvalue weighted by molar-refractivity contribution is 6.79. The molecule has 0 saturated carbocycles. The van der Waals surface area contributed by atoms with Crippen molar-refractivity contribution in [1.82, 2.24) is 9.80 Å². The molecule has 37 heavy (non-hydrogen) atoms. The molecule has 1 aliphatic heterocycles. The maximum atomic E-state index is 14.8. The molecule has 1 aliphatic rings. The van der Waals surface area contributed by atoms with Gasteiger partial charge in [-0.3, -0.25) is 9.69 Å². The van der Waals surface area contributed by atoms with Crippen LogP contribution in [-0.4, -0.2) is 60.8 Å². The highest BCUT2D eigenvalue weighted by Gasteiger charge is 2.48. The number of esters is 1. The molecule has 0 bridgehead atoms. The van der Waals surface area contributed by atoms with Crippen LogP contribution >= 0.6 is 0 Å². The molecular weight excluding hydrogens is 491 g/mol. The quantitative estimate of drug-likeness (QED) is 0.362. The molecule has 1 saturated heterocycles. The van der Waals surface area contributed by atoms with E-state index in [1.54, 1.807) is 80.0 Å². The van der Waals surface area contributed by atoms with Crippen LogP contribution < -0.4 is 0 Å². The Morgan fingerprint density at radius 1 is 1.11 bits per heavy atom. The number of halogens is 1. The first kappa shape index (κ1) is 28.4. The van der Waals surface area contributed by atoms with Crippen molar-refractivity contribution < 1.29 is 28.2 Å². The molecule has 0 spiro atoms. The molecule has 9 heteroatoms. The van der Waals surface area contributed by atoms with Crippen molar-refractivity contribution >= 4 is 26.0 Å². The van der Waals surface area contributed by atoms with Crippen LogP contribution in [0, 0.1) is 5.82 Å². The normalized spacial score (nSPS) is 17.7. The smallest absolute Gasteiger partial charge is 0.410 e. The van der Waals surface area contributed by atoms with E-state index in [0.29, 0.717) is 23.3 Å². The van der Waals surface area contributed by atoms with Crippen LogP contribution in [0.4, 0.5) is 9.18 Å². The zero-order valence-electron chi connectivity index (χ0n) is 22.7. The second-order valence-electron chi connectivity index (χ2n) is 11.3. The van der Waals surface area contributed by atoms with Gasteiger partial charge in [0, 0.05) is 18.3 Å². The van der Waals surface area contributed by atoms with Crippen LogP contribution in [0.25, 0.3) is 0 Å². The lowest BCUT2D eigenvalue weighted by Crippen LogP contribution is -2.49. The molecular formula is C28H37FN2O5Si. The van der Waals surface area contributed by atoms with Crippen molar-refractivity contribution in [2.75, 3.05) is 13.3 Å². The molecule has 7 nitrogen and oxygen atoms in total. The second kappa shape index (κ2) is 11.0. The standard InChI is InChI=1S/C28H37FN2O5Si/c1-19(22-10-8-9-11-23(22)29)30(16-20-12-14-21(15-13-20)26(33)35-5)25(32)24-17-37(6,7)18-31(24)27(34)36-28(2,3)4/h8-15,19,24H,16-18H2,1-7H3/t19-,24?/m1/s1. The fraction of sp³-hybridized carbons (Fsp3) is 0.464. The Morgan fingerprint density at radius 3 is 2.30 bits per heavy atom. The molecule has 2 atom stereocenters. The number of carbonyl (C=O) groups is 3. The number of rotatable bonds is 6. The van der Waals surface area contributed by atoms with Crippen molar-refractivity contribution in [1.29, 1.82) is 0 Å². The largest absolute Gasteiger partial charge is 0.465 e. The Bertz CT molecular complexity index is 1150. The van der Waals surface area contributed by atoms with E-state index in [1.165, 1.54) is 13.2 Å². The van der Waals surface area contributed by atoms with Gasteiger partial charge >= 0.3 is 12.1 Å². The fourth-order valence-electron chi connectivity index (χ4n) is 4.64. The van der Waals surface area contributed by atoms with Crippen molar-refractivity contribution in [2.24, 2.45) is 0 Å². The highest BCUT2D eigenvalue weighted by atomic mass is 28.3. The van der Waals surface area contributed by atoms with Gasteiger partial charge in [-0.15, -0.1) is 0 Å². The van der Waals surface area contributed by atoms with E-state index in [4.69, 9.17) is 9.47 Å². The van der Waals surface area contributed by atoms with Gasteiger partial charge in [-0.1, -0.05) is 43.4 Å². The lowest BCUT2D eigenvalue weighted by molar-refractivity contribution is -0.138.